The van der Waals surface area contributed by atoms with Gasteiger partial charge in [-0.3, -0.25) is 14.4 Å². The molecule has 2 aromatic carbocycles. The highest BCUT2D eigenvalue weighted by molar-refractivity contribution is 9.09. The molecule has 2 bridgehead atoms. The minimum absolute atomic E-state index is 0.0971. The Bertz CT molecular complexity index is 1260. The Hall–Kier alpha value is -2.46. The first-order valence-corrected chi connectivity index (χ1v) is 14.6. The van der Waals surface area contributed by atoms with Crippen molar-refractivity contribution >= 4 is 56.6 Å². The Morgan fingerprint density at radius 1 is 1.18 bits per heavy atom. The lowest BCUT2D eigenvalue weighted by Crippen LogP contribution is -2.57. The SMILES string of the molecule is CC[C@H](C)[C@H](CO)N1C(=O)[C@@H]2[C@@H](C(=O)Nc3ccccc3)[C@@H]3OC2(CC3Br)C1C(=O)Nc1c(C)cccc1Cl. The molecular weight excluding hydrogens is 586 g/mol. The second kappa shape index (κ2) is 10.8. The summed E-state index contributed by atoms with van der Waals surface area (Å²) < 4.78 is 6.56. The van der Waals surface area contributed by atoms with E-state index in [1.165, 1.54) is 4.90 Å². The van der Waals surface area contributed by atoms with Gasteiger partial charge in [-0.05, 0) is 43.0 Å². The van der Waals surface area contributed by atoms with E-state index in [-0.39, 0.29) is 29.2 Å². The van der Waals surface area contributed by atoms with E-state index >= 15 is 0 Å². The van der Waals surface area contributed by atoms with Crippen LogP contribution in [0.3, 0.4) is 0 Å². The monoisotopic (exact) mass is 617 g/mol. The first-order valence-electron chi connectivity index (χ1n) is 13.3. The summed E-state index contributed by atoms with van der Waals surface area (Å²) in [5.74, 6) is -2.91. The molecule has 3 heterocycles. The Labute approximate surface area is 241 Å². The highest BCUT2D eigenvalue weighted by Gasteiger charge is 2.77. The predicted molar refractivity (Wildman–Crippen MR) is 153 cm³/mol. The van der Waals surface area contributed by atoms with Crippen LogP contribution in [0.2, 0.25) is 5.02 Å². The second-order valence-corrected chi connectivity index (χ2v) is 12.4. The molecule has 8 nitrogen and oxygen atoms in total. The average Bonchev–Trinajstić information content (AvgIpc) is 3.51. The molecule has 0 radical (unpaired) electrons. The van der Waals surface area contributed by atoms with Crippen molar-refractivity contribution in [3.8, 4) is 0 Å². The van der Waals surface area contributed by atoms with Gasteiger partial charge >= 0.3 is 0 Å². The number of carbonyl (C=O) groups is 3. The van der Waals surface area contributed by atoms with E-state index in [9.17, 15) is 19.5 Å². The summed E-state index contributed by atoms with van der Waals surface area (Å²) in [5.41, 5.74) is 0.608. The average molecular weight is 619 g/mol. The maximum Gasteiger partial charge on any atom is 0.250 e. The highest BCUT2D eigenvalue weighted by Crippen LogP contribution is 2.60. The Kier molecular flexibility index (Phi) is 7.81. The molecule has 3 saturated heterocycles. The number of halogens is 2. The summed E-state index contributed by atoms with van der Waals surface area (Å²) in [6.07, 6.45) is 0.476. The van der Waals surface area contributed by atoms with Crippen molar-refractivity contribution < 1.29 is 24.2 Å². The molecule has 1 spiro atoms. The molecule has 39 heavy (non-hydrogen) atoms. The molecule has 3 unspecified atom stereocenters. The quantitative estimate of drug-likeness (QED) is 0.381. The summed E-state index contributed by atoms with van der Waals surface area (Å²) in [6.45, 7) is 5.44. The number of carbonyl (C=O) groups excluding carboxylic acids is 3. The molecule has 3 fully saturated rings. The Balaban J connectivity index is 1.57. The van der Waals surface area contributed by atoms with Gasteiger partial charge in [0.1, 0.15) is 11.6 Å². The number of benzene rings is 2. The zero-order chi connectivity index (χ0) is 28.1. The summed E-state index contributed by atoms with van der Waals surface area (Å²) >= 11 is 10.1. The van der Waals surface area contributed by atoms with Crippen LogP contribution >= 0.6 is 27.5 Å². The minimum atomic E-state index is -1.24. The number of ether oxygens (including phenoxy) is 1. The molecule has 3 N–H and O–H groups in total. The van der Waals surface area contributed by atoms with E-state index in [2.05, 4.69) is 26.6 Å². The fourth-order valence-corrected chi connectivity index (χ4v) is 7.78. The minimum Gasteiger partial charge on any atom is -0.394 e. The van der Waals surface area contributed by atoms with E-state index in [1.807, 2.05) is 45.0 Å². The number of amides is 3. The smallest absolute Gasteiger partial charge is 0.250 e. The van der Waals surface area contributed by atoms with Crippen molar-refractivity contribution in [2.45, 2.75) is 62.2 Å². The molecular formula is C29H33BrClN3O5. The van der Waals surface area contributed by atoms with E-state index in [0.717, 1.165) is 5.56 Å². The maximum absolute atomic E-state index is 14.3. The normalized spacial score (nSPS) is 30.7. The summed E-state index contributed by atoms with van der Waals surface area (Å²) in [7, 11) is 0. The van der Waals surface area contributed by atoms with E-state index in [0.29, 0.717) is 29.2 Å². The first kappa shape index (κ1) is 28.1. The number of hydrogen-bond donors (Lipinski definition) is 3. The summed E-state index contributed by atoms with van der Waals surface area (Å²) in [4.78, 5) is 43.4. The standard InChI is InChI=1S/C29H33BrClN3O5/c1-4-15(2)20(14-35)34-25(27(37)33-23-16(3)9-8-12-19(23)31)29-13-18(30)24(39-29)21(22(29)28(34)38)26(36)32-17-10-6-5-7-11-17/h5-12,15,18,20-22,24-25,35H,4,13-14H2,1-3H3,(H,32,36)(H,33,37)/t15-,18?,20-,21+,22-,24+,25?,29?/m0/s1. The zero-order valence-electron chi connectivity index (χ0n) is 22.1. The third kappa shape index (κ3) is 4.57. The van der Waals surface area contributed by atoms with Crippen LogP contribution < -0.4 is 10.6 Å². The fraction of sp³-hybridized carbons (Fsp3) is 0.483. The van der Waals surface area contributed by atoms with E-state index in [1.54, 1.807) is 24.3 Å². The molecule has 3 aliphatic rings. The third-order valence-electron chi connectivity index (χ3n) is 8.63. The Morgan fingerprint density at radius 2 is 1.90 bits per heavy atom. The lowest BCUT2D eigenvalue weighted by Gasteiger charge is -2.39. The van der Waals surface area contributed by atoms with Gasteiger partial charge in [0.2, 0.25) is 17.7 Å². The number of aliphatic hydroxyl groups is 1. The van der Waals surface area contributed by atoms with Crippen LogP contribution in [0, 0.1) is 24.7 Å². The van der Waals surface area contributed by atoms with Gasteiger partial charge < -0.3 is 25.4 Å². The molecule has 0 aliphatic carbocycles. The Morgan fingerprint density at radius 3 is 2.54 bits per heavy atom. The van der Waals surface area contributed by atoms with Crippen molar-refractivity contribution in [1.29, 1.82) is 0 Å². The lowest BCUT2D eigenvalue weighted by molar-refractivity contribution is -0.144. The molecule has 2 aromatic rings. The topological polar surface area (TPSA) is 108 Å². The largest absolute Gasteiger partial charge is 0.394 e. The number of nitrogens with zero attached hydrogens (tertiary/aromatic N) is 1. The van der Waals surface area contributed by atoms with Crippen LogP contribution in [0.15, 0.2) is 48.5 Å². The van der Waals surface area contributed by atoms with Crippen molar-refractivity contribution in [3.63, 3.8) is 0 Å². The van der Waals surface area contributed by atoms with Crippen LogP contribution in [-0.4, -0.2) is 63.0 Å². The molecule has 208 valence electrons. The van der Waals surface area contributed by atoms with E-state index in [4.69, 9.17) is 16.3 Å². The first-order chi connectivity index (χ1) is 18.6. The van der Waals surface area contributed by atoms with Gasteiger partial charge in [0, 0.05) is 10.5 Å². The molecule has 0 aromatic heterocycles. The number of nitrogens with one attached hydrogen (secondary N) is 2. The number of aliphatic hydroxyl groups excluding tert-OH is 1. The summed E-state index contributed by atoms with van der Waals surface area (Å²) in [6, 6.07) is 12.7. The maximum atomic E-state index is 14.3. The predicted octanol–water partition coefficient (Wildman–Crippen LogP) is 4.38. The number of aryl methyl sites for hydroxylation is 1. The number of likely N-dealkylation sites (tertiary alicyclic amines) is 1. The van der Waals surface area contributed by atoms with Crippen LogP contribution in [0.1, 0.15) is 32.3 Å². The van der Waals surface area contributed by atoms with Gasteiger partial charge in [0.25, 0.3) is 0 Å². The molecule has 10 heteroatoms. The molecule has 5 rings (SSSR count). The molecule has 0 saturated carbocycles. The van der Waals surface area contributed by atoms with Gasteiger partial charge in [0.15, 0.2) is 0 Å². The van der Waals surface area contributed by atoms with Gasteiger partial charge in [-0.1, -0.05) is 78.1 Å². The number of anilines is 2. The fourth-order valence-electron chi connectivity index (χ4n) is 6.57. The van der Waals surface area contributed by atoms with Crippen LogP contribution in [0.4, 0.5) is 11.4 Å². The zero-order valence-corrected chi connectivity index (χ0v) is 24.4. The number of para-hydroxylation sites is 2. The number of hydrogen-bond acceptors (Lipinski definition) is 5. The number of fused-ring (bicyclic) bond motifs is 1. The number of alkyl halides is 1. The molecule has 8 atom stereocenters. The van der Waals surface area contributed by atoms with Crippen molar-refractivity contribution in [2.75, 3.05) is 17.2 Å². The van der Waals surface area contributed by atoms with Crippen molar-refractivity contribution in [2.24, 2.45) is 17.8 Å². The van der Waals surface area contributed by atoms with Crippen LogP contribution in [0.5, 0.6) is 0 Å². The van der Waals surface area contributed by atoms with Gasteiger partial charge in [0.05, 0.1) is 41.3 Å². The molecule has 3 amide bonds. The van der Waals surface area contributed by atoms with E-state index < -0.39 is 41.5 Å². The van der Waals surface area contributed by atoms with Crippen LogP contribution in [-0.2, 0) is 19.1 Å². The van der Waals surface area contributed by atoms with Gasteiger partial charge in [-0.15, -0.1) is 0 Å². The van der Waals surface area contributed by atoms with Crippen molar-refractivity contribution in [1.82, 2.24) is 4.90 Å². The van der Waals surface area contributed by atoms with Gasteiger partial charge in [-0.25, -0.2) is 0 Å². The van der Waals surface area contributed by atoms with Crippen LogP contribution in [0.25, 0.3) is 0 Å². The number of rotatable bonds is 8. The highest BCUT2D eigenvalue weighted by atomic mass is 79.9. The third-order valence-corrected chi connectivity index (χ3v) is 9.79. The summed E-state index contributed by atoms with van der Waals surface area (Å²) in [5, 5.41) is 16.7. The second-order valence-electron chi connectivity index (χ2n) is 10.8. The van der Waals surface area contributed by atoms with Crippen molar-refractivity contribution in [3.05, 3.63) is 59.1 Å². The molecule has 3 aliphatic heterocycles. The lowest BCUT2D eigenvalue weighted by atomic mass is 9.70. The van der Waals surface area contributed by atoms with Gasteiger partial charge in [-0.2, -0.15) is 0 Å².